The van der Waals surface area contributed by atoms with E-state index in [0.29, 0.717) is 5.13 Å². The minimum Gasteiger partial charge on any atom is -0.301 e. The number of rotatable bonds is 4. The molecule has 1 rings (SSSR count). The van der Waals surface area contributed by atoms with Crippen LogP contribution in [0.3, 0.4) is 0 Å². The van der Waals surface area contributed by atoms with Crippen LogP contribution in [0.2, 0.25) is 0 Å². The summed E-state index contributed by atoms with van der Waals surface area (Å²) in [6.45, 7) is 10.6. The summed E-state index contributed by atoms with van der Waals surface area (Å²) in [5, 5.41) is 3.23. The predicted octanol–water partition coefficient (Wildman–Crippen LogP) is 2.59. The third kappa shape index (κ3) is 3.79. The maximum Gasteiger partial charge on any atom is 0.244 e. The van der Waals surface area contributed by atoms with Crippen LogP contribution in [-0.4, -0.2) is 29.8 Å². The van der Waals surface area contributed by atoms with Crippen molar-refractivity contribution in [3.8, 4) is 0 Å². The van der Waals surface area contributed by atoms with Crippen molar-refractivity contribution in [2.45, 2.75) is 57.5 Å². The largest absolute Gasteiger partial charge is 0.301 e. The first-order valence-corrected chi connectivity index (χ1v) is 8.94. The van der Waals surface area contributed by atoms with Gasteiger partial charge in [-0.25, -0.2) is 13.4 Å². The minimum absolute atomic E-state index is 0.102. The predicted molar refractivity (Wildman–Crippen MR) is 83.0 cm³/mol. The second kappa shape index (κ2) is 5.81. The van der Waals surface area contributed by atoms with Crippen LogP contribution >= 0.6 is 11.3 Å². The molecule has 0 aromatic carbocycles. The van der Waals surface area contributed by atoms with Crippen molar-refractivity contribution < 1.29 is 13.2 Å². The highest BCUT2D eigenvalue weighted by Gasteiger charge is 2.31. The Balaban J connectivity index is 2.85. The van der Waals surface area contributed by atoms with Crippen LogP contribution in [0.25, 0.3) is 0 Å². The zero-order valence-electron chi connectivity index (χ0n) is 12.7. The van der Waals surface area contributed by atoms with Gasteiger partial charge in [-0.3, -0.25) is 4.79 Å². The van der Waals surface area contributed by atoms with Crippen LogP contribution in [0.4, 0.5) is 5.13 Å². The van der Waals surface area contributed by atoms with Gasteiger partial charge in [-0.1, -0.05) is 20.8 Å². The highest BCUT2D eigenvalue weighted by atomic mass is 32.2. The average molecular weight is 318 g/mol. The summed E-state index contributed by atoms with van der Waals surface area (Å²) in [5.41, 5.74) is 0.770. The molecule has 7 heteroatoms. The Morgan fingerprint density at radius 2 is 1.85 bits per heavy atom. The topological polar surface area (TPSA) is 76.1 Å². The molecule has 0 fully saturated rings. The second-order valence-electron chi connectivity index (χ2n) is 6.06. The van der Waals surface area contributed by atoms with Gasteiger partial charge >= 0.3 is 0 Å². The number of anilines is 1. The van der Waals surface area contributed by atoms with Crippen molar-refractivity contribution in [1.82, 2.24) is 4.98 Å². The number of aromatic nitrogens is 1. The van der Waals surface area contributed by atoms with Crippen LogP contribution in [0, 0.1) is 0 Å². The van der Waals surface area contributed by atoms with Gasteiger partial charge in [-0.05, 0) is 20.8 Å². The molecule has 0 saturated carbocycles. The van der Waals surface area contributed by atoms with Crippen molar-refractivity contribution in [3.63, 3.8) is 0 Å². The van der Waals surface area contributed by atoms with Crippen LogP contribution in [0.5, 0.6) is 0 Å². The lowest BCUT2D eigenvalue weighted by Gasteiger charge is -2.15. The number of nitrogens with zero attached hydrogens (tertiary/aromatic N) is 1. The Kier molecular flexibility index (Phi) is 4.97. The molecular weight excluding hydrogens is 296 g/mol. The smallest absolute Gasteiger partial charge is 0.244 e. The van der Waals surface area contributed by atoms with E-state index in [-0.39, 0.29) is 5.41 Å². The van der Waals surface area contributed by atoms with Crippen LogP contribution in [0.15, 0.2) is 5.38 Å². The van der Waals surface area contributed by atoms with Crippen LogP contribution < -0.4 is 5.32 Å². The number of hydrogen-bond donors (Lipinski definition) is 1. The number of carbonyl (C=O) groups excluding carboxylic acids is 1. The van der Waals surface area contributed by atoms with E-state index in [1.165, 1.54) is 18.3 Å². The van der Waals surface area contributed by atoms with Gasteiger partial charge in [-0.15, -0.1) is 11.3 Å². The molecular formula is C13H22N2O3S2. The number of nitrogens with one attached hydrogen (secondary N) is 1. The van der Waals surface area contributed by atoms with E-state index in [1.54, 1.807) is 13.8 Å². The lowest BCUT2D eigenvalue weighted by Crippen LogP contribution is -2.36. The maximum absolute atomic E-state index is 12.0. The summed E-state index contributed by atoms with van der Waals surface area (Å²) >= 11 is 1.30. The number of thiazole rings is 1. The Morgan fingerprint density at radius 1 is 1.30 bits per heavy atom. The SMILES string of the molecule is CC(C)S(=O)(=O)C(C)C(=O)Nc1nc(C(C)(C)C)cs1. The van der Waals surface area contributed by atoms with Crippen LogP contribution in [0.1, 0.15) is 47.2 Å². The highest BCUT2D eigenvalue weighted by Crippen LogP contribution is 2.26. The van der Waals surface area contributed by atoms with E-state index >= 15 is 0 Å². The molecule has 0 spiro atoms. The van der Waals surface area contributed by atoms with E-state index in [4.69, 9.17) is 0 Å². The summed E-state index contributed by atoms with van der Waals surface area (Å²) in [5.74, 6) is -0.534. The molecule has 114 valence electrons. The minimum atomic E-state index is -3.45. The monoisotopic (exact) mass is 318 g/mol. The molecule has 0 bridgehead atoms. The van der Waals surface area contributed by atoms with Crippen molar-refractivity contribution in [2.75, 3.05) is 5.32 Å². The summed E-state index contributed by atoms with van der Waals surface area (Å²) in [6.07, 6.45) is 0. The second-order valence-corrected chi connectivity index (χ2v) is 9.74. The fraction of sp³-hybridized carbons (Fsp3) is 0.692. The van der Waals surface area contributed by atoms with E-state index in [9.17, 15) is 13.2 Å². The fourth-order valence-electron chi connectivity index (χ4n) is 1.44. The highest BCUT2D eigenvalue weighted by molar-refractivity contribution is 7.93. The van der Waals surface area contributed by atoms with Crippen molar-refractivity contribution >= 4 is 32.2 Å². The molecule has 1 N–H and O–H groups in total. The molecule has 1 atom stereocenters. The van der Waals surface area contributed by atoms with E-state index in [2.05, 4.69) is 10.3 Å². The number of hydrogen-bond acceptors (Lipinski definition) is 5. The third-order valence-corrected chi connectivity index (χ3v) is 6.29. The molecule has 1 heterocycles. The van der Waals surface area contributed by atoms with Gasteiger partial charge in [0.2, 0.25) is 5.91 Å². The molecule has 0 aliphatic rings. The number of carbonyl (C=O) groups is 1. The maximum atomic E-state index is 12.0. The van der Waals surface area contributed by atoms with Crippen molar-refractivity contribution in [2.24, 2.45) is 0 Å². The molecule has 5 nitrogen and oxygen atoms in total. The number of amides is 1. The Hall–Kier alpha value is -0.950. The van der Waals surface area contributed by atoms with Gasteiger partial charge in [0, 0.05) is 10.8 Å². The first-order valence-electron chi connectivity index (χ1n) is 6.46. The Bertz CT molecular complexity index is 583. The summed E-state index contributed by atoms with van der Waals surface area (Å²) in [6, 6.07) is 0. The molecule has 1 amide bonds. The zero-order chi connectivity index (χ0) is 15.7. The fourth-order valence-corrected chi connectivity index (χ4v) is 3.55. The molecule has 0 aliphatic heterocycles. The molecule has 0 radical (unpaired) electrons. The Morgan fingerprint density at radius 3 is 2.25 bits per heavy atom. The molecule has 1 unspecified atom stereocenters. The lowest BCUT2D eigenvalue weighted by molar-refractivity contribution is -0.115. The van der Waals surface area contributed by atoms with E-state index in [0.717, 1.165) is 5.69 Å². The van der Waals surface area contributed by atoms with Gasteiger partial charge in [0.1, 0.15) is 5.25 Å². The van der Waals surface area contributed by atoms with Gasteiger partial charge in [0.15, 0.2) is 15.0 Å². The summed E-state index contributed by atoms with van der Waals surface area (Å²) in [4.78, 5) is 16.3. The average Bonchev–Trinajstić information content (AvgIpc) is 2.75. The lowest BCUT2D eigenvalue weighted by atomic mass is 9.93. The normalized spacial score (nSPS) is 14.3. The Labute approximate surface area is 124 Å². The van der Waals surface area contributed by atoms with Crippen LogP contribution in [-0.2, 0) is 20.0 Å². The van der Waals surface area contributed by atoms with Crippen molar-refractivity contribution in [3.05, 3.63) is 11.1 Å². The quantitative estimate of drug-likeness (QED) is 0.926. The third-order valence-electron chi connectivity index (χ3n) is 3.02. The van der Waals surface area contributed by atoms with Crippen molar-refractivity contribution in [1.29, 1.82) is 0 Å². The van der Waals surface area contributed by atoms with Gasteiger partial charge in [0.05, 0.1) is 10.9 Å². The molecule has 0 saturated heterocycles. The van der Waals surface area contributed by atoms with E-state index < -0.39 is 26.2 Å². The molecule has 1 aromatic rings. The van der Waals surface area contributed by atoms with Gasteiger partial charge in [0.25, 0.3) is 0 Å². The molecule has 1 aromatic heterocycles. The summed E-state index contributed by atoms with van der Waals surface area (Å²) in [7, 11) is -3.45. The molecule has 0 aliphatic carbocycles. The standard InChI is InChI=1S/C13H22N2O3S2/c1-8(2)20(17,18)9(3)11(16)15-12-14-10(7-19-12)13(4,5)6/h7-9H,1-6H3,(H,14,15,16). The van der Waals surface area contributed by atoms with E-state index in [1.807, 2.05) is 26.2 Å². The van der Waals surface area contributed by atoms with Gasteiger partial charge in [-0.2, -0.15) is 0 Å². The zero-order valence-corrected chi connectivity index (χ0v) is 14.4. The number of sulfone groups is 1. The first kappa shape index (κ1) is 17.1. The van der Waals surface area contributed by atoms with Gasteiger partial charge < -0.3 is 5.32 Å². The molecule has 20 heavy (non-hydrogen) atoms. The first-order chi connectivity index (χ1) is 8.96. The summed E-state index contributed by atoms with van der Waals surface area (Å²) < 4.78 is 23.9.